The molecule has 0 radical (unpaired) electrons. The van der Waals surface area contributed by atoms with Gasteiger partial charge in [0.2, 0.25) is 0 Å². The van der Waals surface area contributed by atoms with Crippen molar-refractivity contribution < 1.29 is 14.3 Å². The molecule has 27 heavy (non-hydrogen) atoms. The summed E-state index contributed by atoms with van der Waals surface area (Å²) in [7, 11) is 7.20. The van der Waals surface area contributed by atoms with E-state index in [1.54, 1.807) is 43.4 Å². The predicted octanol–water partition coefficient (Wildman–Crippen LogP) is 3.52. The Morgan fingerprint density at radius 2 is 1.78 bits per heavy atom. The lowest BCUT2D eigenvalue weighted by Crippen LogP contribution is -2.36. The highest BCUT2D eigenvalue weighted by molar-refractivity contribution is 7.22. The van der Waals surface area contributed by atoms with Gasteiger partial charge >= 0.3 is 0 Å². The van der Waals surface area contributed by atoms with Crippen LogP contribution in [0.1, 0.15) is 10.4 Å². The summed E-state index contributed by atoms with van der Waals surface area (Å²) in [5, 5.41) is 0.664. The number of benzene rings is 2. The van der Waals surface area contributed by atoms with Crippen LogP contribution in [0.15, 0.2) is 42.5 Å². The summed E-state index contributed by atoms with van der Waals surface area (Å²) >= 11 is 1.49. The van der Waals surface area contributed by atoms with Crippen molar-refractivity contribution in [2.45, 2.75) is 0 Å². The van der Waals surface area contributed by atoms with E-state index in [9.17, 15) is 4.79 Å². The molecule has 0 spiro atoms. The number of aromatic nitrogens is 1. The molecular weight excluding hydrogens is 362 g/mol. The zero-order valence-corrected chi connectivity index (χ0v) is 16.7. The Bertz CT molecular complexity index is 922. The van der Waals surface area contributed by atoms with Crippen molar-refractivity contribution in [1.82, 2.24) is 9.88 Å². The fraction of sp³-hybridized carbons (Fsp3) is 0.300. The average molecular weight is 385 g/mol. The van der Waals surface area contributed by atoms with E-state index in [0.29, 0.717) is 23.0 Å². The maximum absolute atomic E-state index is 13.2. The molecule has 0 aliphatic rings. The molecular formula is C20H23N3O3S. The second-order valence-corrected chi connectivity index (χ2v) is 7.30. The highest BCUT2D eigenvalue weighted by Gasteiger charge is 2.22. The summed E-state index contributed by atoms with van der Waals surface area (Å²) in [6.45, 7) is 1.27. The number of carbonyl (C=O) groups is 1. The number of anilines is 1. The van der Waals surface area contributed by atoms with Gasteiger partial charge in [0.1, 0.15) is 17.0 Å². The van der Waals surface area contributed by atoms with Crippen LogP contribution in [0.2, 0.25) is 0 Å². The molecule has 1 amide bonds. The highest BCUT2D eigenvalue weighted by Crippen LogP contribution is 2.34. The molecule has 2 aromatic carbocycles. The Morgan fingerprint density at radius 1 is 1.04 bits per heavy atom. The number of ether oxygens (including phenoxy) is 2. The zero-order chi connectivity index (χ0) is 19.4. The minimum Gasteiger partial charge on any atom is -0.497 e. The van der Waals surface area contributed by atoms with E-state index in [2.05, 4.69) is 0 Å². The van der Waals surface area contributed by atoms with Gasteiger partial charge < -0.3 is 14.4 Å². The summed E-state index contributed by atoms with van der Waals surface area (Å²) < 4.78 is 11.6. The number of hydrogen-bond donors (Lipinski definition) is 0. The first kappa shape index (κ1) is 19.1. The molecule has 7 heteroatoms. The third-order valence-electron chi connectivity index (χ3n) is 4.17. The van der Waals surface area contributed by atoms with Gasteiger partial charge in [-0.15, -0.1) is 0 Å². The van der Waals surface area contributed by atoms with Crippen molar-refractivity contribution in [3.8, 4) is 11.5 Å². The SMILES string of the molecule is COc1ccc(C(=O)N(CCN(C)C)c2nc3c(OC)cccc3s2)cc1. The van der Waals surface area contributed by atoms with Crippen molar-refractivity contribution in [2.24, 2.45) is 0 Å². The molecule has 0 saturated carbocycles. The van der Waals surface area contributed by atoms with Crippen LogP contribution in [0.4, 0.5) is 5.13 Å². The summed E-state index contributed by atoms with van der Waals surface area (Å²) in [6.07, 6.45) is 0. The number of para-hydroxylation sites is 1. The Labute approximate surface area is 162 Å². The first-order valence-corrected chi connectivity index (χ1v) is 9.39. The summed E-state index contributed by atoms with van der Waals surface area (Å²) in [4.78, 5) is 21.7. The van der Waals surface area contributed by atoms with Crippen LogP contribution in [-0.2, 0) is 0 Å². The Morgan fingerprint density at radius 3 is 2.41 bits per heavy atom. The third-order valence-corrected chi connectivity index (χ3v) is 5.22. The highest BCUT2D eigenvalue weighted by atomic mass is 32.1. The van der Waals surface area contributed by atoms with Crippen LogP contribution in [-0.4, -0.2) is 57.2 Å². The zero-order valence-electron chi connectivity index (χ0n) is 15.9. The number of hydrogen-bond acceptors (Lipinski definition) is 6. The minimum atomic E-state index is -0.0856. The third kappa shape index (κ3) is 4.20. The lowest BCUT2D eigenvalue weighted by atomic mass is 10.2. The van der Waals surface area contributed by atoms with Gasteiger partial charge in [-0.3, -0.25) is 9.69 Å². The van der Waals surface area contributed by atoms with Gasteiger partial charge in [0.25, 0.3) is 5.91 Å². The molecule has 0 aliphatic heterocycles. The van der Waals surface area contributed by atoms with Gasteiger partial charge in [0.05, 0.1) is 18.9 Å². The van der Waals surface area contributed by atoms with E-state index in [1.165, 1.54) is 11.3 Å². The molecule has 0 bridgehead atoms. The topological polar surface area (TPSA) is 54.9 Å². The number of carbonyl (C=O) groups excluding carboxylic acids is 1. The van der Waals surface area contributed by atoms with Gasteiger partial charge in [-0.1, -0.05) is 17.4 Å². The van der Waals surface area contributed by atoms with Gasteiger partial charge in [-0.2, -0.15) is 0 Å². The molecule has 1 aromatic heterocycles. The average Bonchev–Trinajstić information content (AvgIpc) is 3.11. The normalized spacial score (nSPS) is 11.0. The van der Waals surface area contributed by atoms with Crippen molar-refractivity contribution in [3.05, 3.63) is 48.0 Å². The van der Waals surface area contributed by atoms with Crippen LogP contribution in [0.25, 0.3) is 10.2 Å². The van der Waals surface area contributed by atoms with Crippen LogP contribution >= 0.6 is 11.3 Å². The van der Waals surface area contributed by atoms with Gasteiger partial charge in [0, 0.05) is 18.7 Å². The Hall–Kier alpha value is -2.64. The number of rotatable bonds is 7. The molecule has 0 fully saturated rings. The second kappa shape index (κ2) is 8.37. The van der Waals surface area contributed by atoms with Crippen molar-refractivity contribution >= 4 is 32.6 Å². The molecule has 1 heterocycles. The predicted molar refractivity (Wildman–Crippen MR) is 109 cm³/mol. The number of likely N-dealkylation sites (N-methyl/N-ethyl adjacent to an activating group) is 1. The molecule has 0 atom stereocenters. The number of nitrogens with zero attached hydrogens (tertiary/aromatic N) is 3. The van der Waals surface area contributed by atoms with E-state index in [1.807, 2.05) is 37.2 Å². The number of methoxy groups -OCH3 is 2. The first-order chi connectivity index (χ1) is 13.0. The molecule has 0 N–H and O–H groups in total. The quantitative estimate of drug-likeness (QED) is 0.623. The fourth-order valence-electron chi connectivity index (χ4n) is 2.67. The molecule has 3 rings (SSSR count). The number of thiazole rings is 1. The van der Waals surface area contributed by atoms with E-state index < -0.39 is 0 Å². The number of amides is 1. The molecule has 0 aliphatic carbocycles. The maximum Gasteiger partial charge on any atom is 0.260 e. The lowest BCUT2D eigenvalue weighted by molar-refractivity contribution is 0.0985. The summed E-state index contributed by atoms with van der Waals surface area (Å²) in [5.41, 5.74) is 1.37. The van der Waals surface area contributed by atoms with Crippen LogP contribution in [0.3, 0.4) is 0 Å². The first-order valence-electron chi connectivity index (χ1n) is 8.57. The van der Waals surface area contributed by atoms with E-state index in [-0.39, 0.29) is 5.91 Å². The summed E-state index contributed by atoms with van der Waals surface area (Å²) in [6, 6.07) is 12.9. The minimum absolute atomic E-state index is 0.0856. The van der Waals surface area contributed by atoms with Gasteiger partial charge in [-0.25, -0.2) is 4.98 Å². The maximum atomic E-state index is 13.2. The Kier molecular flexibility index (Phi) is 5.93. The van der Waals surface area contributed by atoms with Gasteiger partial charge in [-0.05, 0) is 50.5 Å². The largest absolute Gasteiger partial charge is 0.497 e. The summed E-state index contributed by atoms with van der Waals surface area (Å²) in [5.74, 6) is 1.34. The van der Waals surface area contributed by atoms with E-state index in [0.717, 1.165) is 22.5 Å². The second-order valence-electron chi connectivity index (χ2n) is 6.29. The molecule has 6 nitrogen and oxygen atoms in total. The van der Waals surface area contributed by atoms with E-state index in [4.69, 9.17) is 14.5 Å². The molecule has 0 unspecified atom stereocenters. The monoisotopic (exact) mass is 385 g/mol. The molecule has 142 valence electrons. The van der Waals surface area contributed by atoms with Crippen molar-refractivity contribution in [1.29, 1.82) is 0 Å². The van der Waals surface area contributed by atoms with Crippen molar-refractivity contribution in [2.75, 3.05) is 46.3 Å². The van der Waals surface area contributed by atoms with Crippen LogP contribution in [0, 0.1) is 0 Å². The van der Waals surface area contributed by atoms with Crippen LogP contribution in [0.5, 0.6) is 11.5 Å². The lowest BCUT2D eigenvalue weighted by Gasteiger charge is -2.22. The smallest absolute Gasteiger partial charge is 0.260 e. The van der Waals surface area contributed by atoms with E-state index >= 15 is 0 Å². The Balaban J connectivity index is 1.98. The fourth-order valence-corrected chi connectivity index (χ4v) is 3.67. The van der Waals surface area contributed by atoms with Crippen LogP contribution < -0.4 is 14.4 Å². The molecule has 0 saturated heterocycles. The van der Waals surface area contributed by atoms with Crippen molar-refractivity contribution in [3.63, 3.8) is 0 Å². The van der Waals surface area contributed by atoms with Gasteiger partial charge in [0.15, 0.2) is 5.13 Å². The standard InChI is InChI=1S/C20H23N3O3S/c1-22(2)12-13-23(19(24)14-8-10-15(25-3)11-9-14)20-21-18-16(26-4)6-5-7-17(18)27-20/h5-11H,12-13H2,1-4H3. The number of fused-ring (bicyclic) bond motifs is 1. The molecule has 3 aromatic rings.